The number of carbonyl (C=O) groups excluding carboxylic acids is 1. The first-order valence-electron chi connectivity index (χ1n) is 8.70. The molecule has 0 radical (unpaired) electrons. The summed E-state index contributed by atoms with van der Waals surface area (Å²) >= 11 is 0. The van der Waals surface area contributed by atoms with Crippen molar-refractivity contribution < 1.29 is 14.7 Å². The van der Waals surface area contributed by atoms with Crippen molar-refractivity contribution in [1.82, 2.24) is 24.7 Å². The summed E-state index contributed by atoms with van der Waals surface area (Å²) in [4.78, 5) is 33.9. The fourth-order valence-electron chi connectivity index (χ4n) is 3.31. The number of nitrogens with one attached hydrogen (secondary N) is 2. The van der Waals surface area contributed by atoms with Crippen molar-refractivity contribution in [3.05, 3.63) is 71.8 Å². The molecule has 0 unspecified atom stereocenters. The van der Waals surface area contributed by atoms with Crippen molar-refractivity contribution in [2.24, 2.45) is 0 Å². The molecule has 0 saturated carbocycles. The summed E-state index contributed by atoms with van der Waals surface area (Å²) in [5.74, 6) is -1.38. The van der Waals surface area contributed by atoms with Crippen molar-refractivity contribution in [3.8, 4) is 5.69 Å². The van der Waals surface area contributed by atoms with Gasteiger partial charge in [0, 0.05) is 10.9 Å². The molecule has 0 bridgehead atoms. The number of benzene rings is 2. The third-order valence-electron chi connectivity index (χ3n) is 4.74. The first-order valence-corrected chi connectivity index (χ1v) is 8.70. The Morgan fingerprint density at radius 3 is 2.60 bits per heavy atom. The maximum atomic E-state index is 12.9. The van der Waals surface area contributed by atoms with Gasteiger partial charge in [-0.2, -0.15) is 5.10 Å². The number of rotatable bonds is 4. The van der Waals surface area contributed by atoms with Crippen molar-refractivity contribution in [3.63, 3.8) is 0 Å². The molecule has 3 aromatic heterocycles. The third kappa shape index (κ3) is 3.18. The fraction of sp³-hybridized carbons (Fsp3) is 0. The second-order valence-corrected chi connectivity index (χ2v) is 6.55. The molecule has 5 aromatic rings. The van der Waals surface area contributed by atoms with Gasteiger partial charge >= 0.3 is 35.5 Å². The molecule has 2 aromatic carbocycles. The third-order valence-corrected chi connectivity index (χ3v) is 4.74. The van der Waals surface area contributed by atoms with Gasteiger partial charge in [0.1, 0.15) is 5.82 Å². The number of anilines is 1. The van der Waals surface area contributed by atoms with Gasteiger partial charge in [-0.15, -0.1) is 0 Å². The molecule has 5 N–H and O–H groups in total. The molecule has 3 heterocycles. The molecule has 0 aliphatic heterocycles. The average Bonchev–Trinajstić information content (AvgIpc) is 3.42. The Morgan fingerprint density at radius 2 is 1.83 bits per heavy atom. The van der Waals surface area contributed by atoms with Gasteiger partial charge in [0.2, 0.25) is 11.6 Å². The van der Waals surface area contributed by atoms with E-state index in [0.29, 0.717) is 22.4 Å². The number of carboxylic acid groups (broad SMARTS) is 1. The summed E-state index contributed by atoms with van der Waals surface area (Å²) in [6.45, 7) is 0. The number of fused-ring (bicyclic) bond motifs is 2. The molecular formula is C20H15N6NaO3. The normalized spacial score (nSPS) is 10.9. The summed E-state index contributed by atoms with van der Waals surface area (Å²) in [6.07, 6.45) is 1.42. The van der Waals surface area contributed by atoms with Crippen LogP contribution in [0.4, 0.5) is 5.82 Å². The second kappa shape index (κ2) is 7.45. The number of ketones is 1. The molecule has 0 fully saturated rings. The number of carboxylic acids is 1. The molecule has 5 rings (SSSR count). The summed E-state index contributed by atoms with van der Waals surface area (Å²) in [5.41, 5.74) is 9.36. The predicted octanol–water partition coefficient (Wildman–Crippen LogP) is 2.09. The Morgan fingerprint density at radius 1 is 1.03 bits per heavy atom. The van der Waals surface area contributed by atoms with Gasteiger partial charge in [0.05, 0.1) is 34.2 Å². The number of carbonyl (C=O) groups is 2. The topological polar surface area (TPSA) is 143 Å². The number of para-hydroxylation sites is 1. The van der Waals surface area contributed by atoms with Crippen LogP contribution in [0.5, 0.6) is 0 Å². The molecule has 0 spiro atoms. The van der Waals surface area contributed by atoms with E-state index in [4.69, 9.17) is 10.8 Å². The van der Waals surface area contributed by atoms with Crippen LogP contribution < -0.4 is 5.73 Å². The van der Waals surface area contributed by atoms with Gasteiger partial charge in [-0.3, -0.25) is 4.79 Å². The Kier molecular flexibility index (Phi) is 4.94. The summed E-state index contributed by atoms with van der Waals surface area (Å²) in [6, 6.07) is 14.4. The first-order chi connectivity index (χ1) is 14.0. The van der Waals surface area contributed by atoms with E-state index >= 15 is 0 Å². The maximum absolute atomic E-state index is 12.9. The molecule has 0 atom stereocenters. The van der Waals surface area contributed by atoms with E-state index in [-0.39, 0.29) is 52.5 Å². The van der Waals surface area contributed by atoms with Crippen molar-refractivity contribution >= 4 is 69.1 Å². The van der Waals surface area contributed by atoms with E-state index in [1.165, 1.54) is 10.9 Å². The molecule has 30 heavy (non-hydrogen) atoms. The predicted molar refractivity (Wildman–Crippen MR) is 113 cm³/mol. The van der Waals surface area contributed by atoms with Crippen LogP contribution in [-0.2, 0) is 0 Å². The quantitative estimate of drug-likeness (QED) is 0.264. The van der Waals surface area contributed by atoms with E-state index in [1.54, 1.807) is 24.3 Å². The van der Waals surface area contributed by atoms with E-state index in [0.717, 1.165) is 10.9 Å². The van der Waals surface area contributed by atoms with Gasteiger partial charge in [-0.25, -0.2) is 14.5 Å². The number of aromatic nitrogens is 5. The van der Waals surface area contributed by atoms with Crippen LogP contribution in [-0.4, -0.2) is 71.1 Å². The number of nitrogens with zero attached hydrogens (tertiary/aromatic N) is 3. The van der Waals surface area contributed by atoms with Crippen molar-refractivity contribution in [2.45, 2.75) is 0 Å². The van der Waals surface area contributed by atoms with Gasteiger partial charge in [0.25, 0.3) is 0 Å². The number of imidazole rings is 1. The van der Waals surface area contributed by atoms with Crippen LogP contribution in [0.25, 0.3) is 27.6 Å². The Hall–Kier alpha value is -3.40. The van der Waals surface area contributed by atoms with Gasteiger partial charge in [-0.1, -0.05) is 18.2 Å². The fourth-order valence-corrected chi connectivity index (χ4v) is 3.31. The summed E-state index contributed by atoms with van der Waals surface area (Å²) < 4.78 is 1.42. The van der Waals surface area contributed by atoms with E-state index < -0.39 is 5.97 Å². The number of hydrogen-bond acceptors (Lipinski definition) is 5. The number of nitrogens with two attached hydrogens (primary N) is 1. The summed E-state index contributed by atoms with van der Waals surface area (Å²) in [7, 11) is 0. The standard InChI is InChI=1S/C20H14N6O3.Na.H/c21-18-12(17(27)16-7-10-3-1-2-4-13(10)23-16)9-22-26(18)11-5-6-14-15(8-11)25-19(24-14)20(28)29;;/h1-9,23H,21H2,(H,24,25)(H,28,29);;. The zero-order valence-electron chi connectivity index (χ0n) is 14.9. The van der Waals surface area contributed by atoms with Crippen LogP contribution in [0.3, 0.4) is 0 Å². The number of nitrogen functional groups attached to an aromatic ring is 1. The Bertz CT molecular complexity index is 1400. The SMILES string of the molecule is Nc1c(C(=O)c2cc3ccccc3[nH]2)cnn1-c1ccc2[nH]c(C(=O)O)nc2c1.[NaH]. The van der Waals surface area contributed by atoms with Crippen molar-refractivity contribution in [1.29, 1.82) is 0 Å². The monoisotopic (exact) mass is 410 g/mol. The molecule has 0 amide bonds. The van der Waals surface area contributed by atoms with Crippen LogP contribution >= 0.6 is 0 Å². The van der Waals surface area contributed by atoms with Crippen LogP contribution in [0.2, 0.25) is 0 Å². The van der Waals surface area contributed by atoms with Gasteiger partial charge < -0.3 is 20.8 Å². The minimum atomic E-state index is -1.15. The minimum absolute atomic E-state index is 0. The van der Waals surface area contributed by atoms with E-state index in [2.05, 4.69) is 20.1 Å². The second-order valence-electron chi connectivity index (χ2n) is 6.55. The number of aromatic carboxylic acids is 1. The van der Waals surface area contributed by atoms with E-state index in [1.807, 2.05) is 24.3 Å². The van der Waals surface area contributed by atoms with Crippen LogP contribution in [0, 0.1) is 0 Å². The first kappa shape index (κ1) is 19.9. The average molecular weight is 410 g/mol. The Balaban J connectivity index is 0.00000218. The van der Waals surface area contributed by atoms with E-state index in [9.17, 15) is 9.59 Å². The zero-order valence-corrected chi connectivity index (χ0v) is 14.9. The molecule has 10 heteroatoms. The number of H-pyrrole nitrogens is 2. The van der Waals surface area contributed by atoms with Crippen LogP contribution in [0.15, 0.2) is 54.7 Å². The number of hydrogen-bond donors (Lipinski definition) is 4. The van der Waals surface area contributed by atoms with Gasteiger partial charge in [-0.05, 0) is 30.3 Å². The molecule has 9 nitrogen and oxygen atoms in total. The molecule has 0 aliphatic rings. The van der Waals surface area contributed by atoms with Crippen molar-refractivity contribution in [2.75, 3.05) is 5.73 Å². The number of aromatic amines is 2. The molecule has 0 aliphatic carbocycles. The molecule has 144 valence electrons. The Labute approximate surface area is 191 Å². The van der Waals surface area contributed by atoms with Gasteiger partial charge in [0.15, 0.2) is 0 Å². The van der Waals surface area contributed by atoms with Crippen LogP contribution in [0.1, 0.15) is 26.7 Å². The zero-order chi connectivity index (χ0) is 20.1. The molecular weight excluding hydrogens is 395 g/mol. The molecule has 0 saturated heterocycles. The summed E-state index contributed by atoms with van der Waals surface area (Å²) in [5, 5.41) is 14.2.